The van der Waals surface area contributed by atoms with Crippen molar-refractivity contribution in [3.05, 3.63) is 51.3 Å². The third-order valence-electron chi connectivity index (χ3n) is 3.57. The van der Waals surface area contributed by atoms with Crippen LogP contribution in [0.5, 0.6) is 0 Å². The van der Waals surface area contributed by atoms with E-state index in [4.69, 9.17) is 5.73 Å². The number of aromatic nitrogens is 2. The minimum absolute atomic E-state index is 0.111. The Kier molecular flexibility index (Phi) is 4.42. The van der Waals surface area contributed by atoms with Gasteiger partial charge < -0.3 is 5.73 Å². The molecule has 102 valence electrons. The van der Waals surface area contributed by atoms with Crippen LogP contribution < -0.4 is 5.73 Å². The molecular formula is C15H20BrN3. The standard InChI is InChI=1S/C15H20BrN3/c1-10-14(11(2)19(3)18-10)9-13(17)8-12-6-4-5-7-15(12)16/h4-7,13H,8-9,17H2,1-3H3. The molecule has 4 heteroatoms. The van der Waals surface area contributed by atoms with Gasteiger partial charge in [-0.3, -0.25) is 4.68 Å². The van der Waals surface area contributed by atoms with E-state index in [1.165, 1.54) is 16.8 Å². The first-order valence-electron chi connectivity index (χ1n) is 6.47. The van der Waals surface area contributed by atoms with E-state index >= 15 is 0 Å². The van der Waals surface area contributed by atoms with Crippen molar-refractivity contribution in [3.63, 3.8) is 0 Å². The summed E-state index contributed by atoms with van der Waals surface area (Å²) in [6, 6.07) is 8.36. The van der Waals surface area contributed by atoms with Crippen molar-refractivity contribution in [2.75, 3.05) is 0 Å². The summed E-state index contributed by atoms with van der Waals surface area (Å²) in [6.07, 6.45) is 1.74. The summed E-state index contributed by atoms with van der Waals surface area (Å²) in [6.45, 7) is 4.15. The normalized spacial score (nSPS) is 12.7. The molecule has 0 spiro atoms. The fraction of sp³-hybridized carbons (Fsp3) is 0.400. The molecule has 0 fully saturated rings. The second kappa shape index (κ2) is 5.88. The van der Waals surface area contributed by atoms with Gasteiger partial charge in [0.15, 0.2) is 0 Å². The van der Waals surface area contributed by atoms with Crippen molar-refractivity contribution >= 4 is 15.9 Å². The molecule has 1 atom stereocenters. The monoisotopic (exact) mass is 321 g/mol. The van der Waals surface area contributed by atoms with Gasteiger partial charge in [0.2, 0.25) is 0 Å². The summed E-state index contributed by atoms with van der Waals surface area (Å²) < 4.78 is 3.06. The smallest absolute Gasteiger partial charge is 0.0628 e. The Balaban J connectivity index is 2.10. The molecule has 1 aromatic heterocycles. The average Bonchev–Trinajstić information content (AvgIpc) is 2.59. The van der Waals surface area contributed by atoms with Crippen LogP contribution in [0.3, 0.4) is 0 Å². The topological polar surface area (TPSA) is 43.8 Å². The third kappa shape index (κ3) is 3.25. The van der Waals surface area contributed by atoms with Crippen molar-refractivity contribution in [2.24, 2.45) is 12.8 Å². The van der Waals surface area contributed by atoms with Crippen LogP contribution >= 0.6 is 15.9 Å². The molecule has 1 unspecified atom stereocenters. The Hall–Kier alpha value is -1.13. The Labute approximate surface area is 122 Å². The highest BCUT2D eigenvalue weighted by Crippen LogP contribution is 2.19. The predicted octanol–water partition coefficient (Wildman–Crippen LogP) is 2.91. The van der Waals surface area contributed by atoms with E-state index in [1.54, 1.807) is 0 Å². The predicted molar refractivity (Wildman–Crippen MR) is 82.2 cm³/mol. The zero-order chi connectivity index (χ0) is 14.0. The number of hydrogen-bond acceptors (Lipinski definition) is 2. The molecule has 0 aliphatic heterocycles. The minimum Gasteiger partial charge on any atom is -0.327 e. The van der Waals surface area contributed by atoms with E-state index in [1.807, 2.05) is 30.8 Å². The molecule has 0 radical (unpaired) electrons. The maximum Gasteiger partial charge on any atom is 0.0628 e. The van der Waals surface area contributed by atoms with Crippen molar-refractivity contribution in [2.45, 2.75) is 32.7 Å². The summed E-state index contributed by atoms with van der Waals surface area (Å²) in [5.41, 5.74) is 11.1. The highest BCUT2D eigenvalue weighted by atomic mass is 79.9. The number of halogens is 1. The first kappa shape index (κ1) is 14.3. The summed E-state index contributed by atoms with van der Waals surface area (Å²) in [4.78, 5) is 0. The van der Waals surface area contributed by atoms with Gasteiger partial charge in [0.1, 0.15) is 0 Å². The van der Waals surface area contributed by atoms with Gasteiger partial charge in [0.05, 0.1) is 5.69 Å². The molecule has 1 heterocycles. The van der Waals surface area contributed by atoms with Crippen LogP contribution in [-0.2, 0) is 19.9 Å². The molecule has 2 rings (SSSR count). The lowest BCUT2D eigenvalue weighted by Gasteiger charge is -2.13. The zero-order valence-electron chi connectivity index (χ0n) is 11.7. The van der Waals surface area contributed by atoms with E-state index in [0.717, 1.165) is 23.0 Å². The quantitative estimate of drug-likeness (QED) is 0.941. The maximum atomic E-state index is 6.30. The van der Waals surface area contributed by atoms with Crippen molar-refractivity contribution in [1.82, 2.24) is 9.78 Å². The highest BCUT2D eigenvalue weighted by molar-refractivity contribution is 9.10. The number of hydrogen-bond donors (Lipinski definition) is 1. The van der Waals surface area contributed by atoms with E-state index in [0.29, 0.717) is 0 Å². The van der Waals surface area contributed by atoms with E-state index in [2.05, 4.69) is 40.1 Å². The molecule has 2 aromatic rings. The Bertz CT molecular complexity index is 575. The Morgan fingerprint density at radius 1 is 1.26 bits per heavy atom. The number of aryl methyl sites for hydroxylation is 2. The van der Waals surface area contributed by atoms with Gasteiger partial charge >= 0.3 is 0 Å². The first-order valence-corrected chi connectivity index (χ1v) is 7.26. The second-order valence-electron chi connectivity index (χ2n) is 5.03. The van der Waals surface area contributed by atoms with Crippen LogP contribution in [0.4, 0.5) is 0 Å². The molecule has 19 heavy (non-hydrogen) atoms. The lowest BCUT2D eigenvalue weighted by Crippen LogP contribution is -2.26. The second-order valence-corrected chi connectivity index (χ2v) is 5.89. The summed E-state index contributed by atoms with van der Waals surface area (Å²) >= 11 is 3.57. The zero-order valence-corrected chi connectivity index (χ0v) is 13.2. The molecule has 1 aromatic carbocycles. The molecule has 0 saturated heterocycles. The van der Waals surface area contributed by atoms with Crippen LogP contribution in [0.25, 0.3) is 0 Å². The van der Waals surface area contributed by atoms with Crippen molar-refractivity contribution in [3.8, 4) is 0 Å². The summed E-state index contributed by atoms with van der Waals surface area (Å²) in [5, 5.41) is 4.44. The summed E-state index contributed by atoms with van der Waals surface area (Å²) in [7, 11) is 1.98. The molecule has 0 amide bonds. The van der Waals surface area contributed by atoms with E-state index in [9.17, 15) is 0 Å². The molecule has 0 bridgehead atoms. The van der Waals surface area contributed by atoms with Gasteiger partial charge in [-0.1, -0.05) is 34.1 Å². The SMILES string of the molecule is Cc1nn(C)c(C)c1CC(N)Cc1ccccc1Br. The van der Waals surface area contributed by atoms with Crippen LogP contribution in [0.15, 0.2) is 28.7 Å². The molecule has 3 nitrogen and oxygen atoms in total. The van der Waals surface area contributed by atoms with Gasteiger partial charge in [-0.05, 0) is 43.9 Å². The van der Waals surface area contributed by atoms with Crippen molar-refractivity contribution in [1.29, 1.82) is 0 Å². The van der Waals surface area contributed by atoms with Crippen LogP contribution in [0, 0.1) is 13.8 Å². The van der Waals surface area contributed by atoms with E-state index in [-0.39, 0.29) is 6.04 Å². The number of rotatable bonds is 4. The molecule has 0 aliphatic carbocycles. The molecule has 2 N–H and O–H groups in total. The number of benzene rings is 1. The lowest BCUT2D eigenvalue weighted by molar-refractivity contribution is 0.657. The third-order valence-corrected chi connectivity index (χ3v) is 4.34. The maximum absolute atomic E-state index is 6.30. The largest absolute Gasteiger partial charge is 0.327 e. The van der Waals surface area contributed by atoms with Crippen LogP contribution in [0.2, 0.25) is 0 Å². The highest BCUT2D eigenvalue weighted by Gasteiger charge is 2.14. The molecule has 0 aliphatic rings. The lowest BCUT2D eigenvalue weighted by atomic mass is 9.99. The minimum atomic E-state index is 0.111. The molecular weight excluding hydrogens is 302 g/mol. The van der Waals surface area contributed by atoms with Gasteiger partial charge in [-0.15, -0.1) is 0 Å². The summed E-state index contributed by atoms with van der Waals surface area (Å²) in [5.74, 6) is 0. The van der Waals surface area contributed by atoms with Gasteiger partial charge in [-0.25, -0.2) is 0 Å². The Morgan fingerprint density at radius 2 is 1.95 bits per heavy atom. The van der Waals surface area contributed by atoms with Crippen LogP contribution in [-0.4, -0.2) is 15.8 Å². The first-order chi connectivity index (χ1) is 8.99. The number of nitrogens with two attached hydrogens (primary N) is 1. The fourth-order valence-electron chi connectivity index (χ4n) is 2.39. The Morgan fingerprint density at radius 3 is 2.53 bits per heavy atom. The van der Waals surface area contributed by atoms with Crippen molar-refractivity contribution < 1.29 is 0 Å². The molecule has 0 saturated carbocycles. The van der Waals surface area contributed by atoms with Gasteiger partial charge in [-0.2, -0.15) is 5.10 Å². The average molecular weight is 322 g/mol. The number of nitrogens with zero attached hydrogens (tertiary/aromatic N) is 2. The van der Waals surface area contributed by atoms with Gasteiger partial charge in [0.25, 0.3) is 0 Å². The van der Waals surface area contributed by atoms with Crippen LogP contribution in [0.1, 0.15) is 22.5 Å². The van der Waals surface area contributed by atoms with Gasteiger partial charge in [0, 0.05) is 23.3 Å². The van der Waals surface area contributed by atoms with E-state index < -0.39 is 0 Å². The fourth-order valence-corrected chi connectivity index (χ4v) is 2.84.